The van der Waals surface area contributed by atoms with Crippen molar-refractivity contribution >= 4 is 0 Å². The van der Waals surface area contributed by atoms with Crippen LogP contribution in [0.3, 0.4) is 0 Å². The van der Waals surface area contributed by atoms with E-state index in [2.05, 4.69) is 0 Å². The van der Waals surface area contributed by atoms with E-state index in [9.17, 15) is 13.2 Å². The van der Waals surface area contributed by atoms with E-state index >= 15 is 0 Å². The molecule has 0 heterocycles. The summed E-state index contributed by atoms with van der Waals surface area (Å²) in [6.07, 6.45) is -2.88. The monoisotopic (exact) mass is 138 g/mol. The second-order valence-corrected chi connectivity index (χ2v) is 2.55. The number of halogens is 3. The molecule has 9 heavy (non-hydrogen) atoms. The van der Waals surface area contributed by atoms with Crippen LogP contribution in [-0.2, 0) is 0 Å². The zero-order valence-corrected chi connectivity index (χ0v) is 5.20. The molecule has 54 valence electrons. The van der Waals surface area contributed by atoms with Gasteiger partial charge < -0.3 is 0 Å². The topological polar surface area (TPSA) is 0 Å². The molecule has 0 radical (unpaired) electrons. The molecule has 3 heteroatoms. The molecule has 0 spiro atoms. The Kier molecular flexibility index (Phi) is 1.45. The molecule has 1 rings (SSSR count). The van der Waals surface area contributed by atoms with Gasteiger partial charge in [0.15, 0.2) is 0 Å². The molecule has 1 saturated carbocycles. The largest absolute Gasteiger partial charge is 0.392 e. The van der Waals surface area contributed by atoms with Gasteiger partial charge >= 0.3 is 6.18 Å². The summed E-state index contributed by atoms with van der Waals surface area (Å²) in [4.78, 5) is 0. The first-order valence-corrected chi connectivity index (χ1v) is 3.12. The second kappa shape index (κ2) is 1.89. The number of alkyl halides is 3. The minimum atomic E-state index is -3.92. The third kappa shape index (κ3) is 1.37. The van der Waals surface area contributed by atoms with Crippen LogP contribution in [0.15, 0.2) is 0 Å². The van der Waals surface area contributed by atoms with Gasteiger partial charge in [-0.1, -0.05) is 13.3 Å². The van der Waals surface area contributed by atoms with Crippen molar-refractivity contribution in [3.8, 4) is 0 Å². The van der Waals surface area contributed by atoms with E-state index in [0.717, 1.165) is 0 Å². The highest BCUT2D eigenvalue weighted by atomic mass is 19.4. The van der Waals surface area contributed by atoms with Crippen molar-refractivity contribution in [3.05, 3.63) is 0 Å². The van der Waals surface area contributed by atoms with E-state index in [1.165, 1.54) is 0 Å². The zero-order valence-electron chi connectivity index (χ0n) is 5.20. The summed E-state index contributed by atoms with van der Waals surface area (Å²) in [6, 6.07) is 0. The summed E-state index contributed by atoms with van der Waals surface area (Å²) in [5, 5.41) is 0. The molecule has 0 saturated heterocycles. The molecule has 0 aromatic carbocycles. The average Bonchev–Trinajstić information content (AvgIpc) is 2.39. The minimum Gasteiger partial charge on any atom is -0.171 e. The van der Waals surface area contributed by atoms with Crippen LogP contribution >= 0.6 is 0 Å². The van der Waals surface area contributed by atoms with Crippen LogP contribution in [0.25, 0.3) is 0 Å². The van der Waals surface area contributed by atoms with E-state index in [1.807, 2.05) is 0 Å². The van der Waals surface area contributed by atoms with Gasteiger partial charge in [0.2, 0.25) is 0 Å². The van der Waals surface area contributed by atoms with Crippen molar-refractivity contribution in [2.45, 2.75) is 25.9 Å². The van der Waals surface area contributed by atoms with Gasteiger partial charge in [0.1, 0.15) is 0 Å². The molecular weight excluding hydrogens is 129 g/mol. The van der Waals surface area contributed by atoms with E-state index < -0.39 is 12.1 Å². The van der Waals surface area contributed by atoms with E-state index in [1.54, 1.807) is 6.92 Å². The molecule has 0 N–H and O–H groups in total. The molecule has 1 aliphatic rings. The molecule has 0 aromatic rings. The molecule has 0 amide bonds. The van der Waals surface area contributed by atoms with Gasteiger partial charge in [-0.3, -0.25) is 0 Å². The first kappa shape index (κ1) is 6.90. The maximum atomic E-state index is 11.7. The van der Waals surface area contributed by atoms with Gasteiger partial charge in [-0.2, -0.15) is 13.2 Å². The molecular formula is C6H9F3. The van der Waals surface area contributed by atoms with Crippen molar-refractivity contribution in [1.29, 1.82) is 0 Å². The fourth-order valence-electron chi connectivity index (χ4n) is 1.10. The maximum Gasteiger partial charge on any atom is 0.392 e. The van der Waals surface area contributed by atoms with Crippen LogP contribution in [0.5, 0.6) is 0 Å². The Bertz CT molecular complexity index is 105. The summed E-state index contributed by atoms with van der Waals surface area (Å²) >= 11 is 0. The Hall–Kier alpha value is -0.210. The molecule has 0 bridgehead atoms. The third-order valence-corrected chi connectivity index (χ3v) is 1.87. The highest BCUT2D eigenvalue weighted by molar-refractivity contribution is 4.90. The Morgan fingerprint density at radius 1 is 1.44 bits per heavy atom. The van der Waals surface area contributed by atoms with Crippen LogP contribution in [-0.4, -0.2) is 6.18 Å². The lowest BCUT2D eigenvalue weighted by molar-refractivity contribution is -0.151. The predicted octanol–water partition coefficient (Wildman–Crippen LogP) is 2.59. The molecule has 1 aliphatic carbocycles. The first-order chi connectivity index (χ1) is 4.05. The van der Waals surface area contributed by atoms with Crippen LogP contribution in [0, 0.1) is 11.8 Å². The molecule has 1 fully saturated rings. The van der Waals surface area contributed by atoms with E-state index in [0.29, 0.717) is 12.8 Å². The standard InChI is InChI=1S/C6H9F3/c1-2-4-3-5(4)6(7,8)9/h4-5H,2-3H2,1H3/t4-,5?/m0/s1. The summed E-state index contributed by atoms with van der Waals surface area (Å²) in [7, 11) is 0. The lowest BCUT2D eigenvalue weighted by Crippen LogP contribution is -2.11. The number of hydrogen-bond acceptors (Lipinski definition) is 0. The SMILES string of the molecule is CC[C@H]1CC1C(F)(F)F. The van der Waals surface area contributed by atoms with E-state index in [-0.39, 0.29) is 5.92 Å². The number of rotatable bonds is 1. The van der Waals surface area contributed by atoms with Gasteiger partial charge in [0, 0.05) is 0 Å². The van der Waals surface area contributed by atoms with Crippen LogP contribution in [0.2, 0.25) is 0 Å². The average molecular weight is 138 g/mol. The van der Waals surface area contributed by atoms with Crippen molar-refractivity contribution in [3.63, 3.8) is 0 Å². The lowest BCUT2D eigenvalue weighted by atomic mass is 10.2. The highest BCUT2D eigenvalue weighted by Gasteiger charge is 2.54. The Balaban J connectivity index is 2.33. The predicted molar refractivity (Wildman–Crippen MR) is 27.9 cm³/mol. The summed E-state index contributed by atoms with van der Waals surface area (Å²) < 4.78 is 35.0. The molecule has 0 nitrogen and oxygen atoms in total. The Morgan fingerprint density at radius 3 is 2.11 bits per heavy atom. The number of hydrogen-bond donors (Lipinski definition) is 0. The van der Waals surface area contributed by atoms with Crippen LogP contribution < -0.4 is 0 Å². The highest BCUT2D eigenvalue weighted by Crippen LogP contribution is 2.51. The quantitative estimate of drug-likeness (QED) is 0.522. The van der Waals surface area contributed by atoms with Crippen molar-refractivity contribution < 1.29 is 13.2 Å². The molecule has 0 aromatic heterocycles. The van der Waals surface area contributed by atoms with Crippen molar-refractivity contribution in [2.75, 3.05) is 0 Å². The molecule has 1 unspecified atom stereocenters. The van der Waals surface area contributed by atoms with E-state index in [4.69, 9.17) is 0 Å². The maximum absolute atomic E-state index is 11.7. The van der Waals surface area contributed by atoms with Gasteiger partial charge in [0.25, 0.3) is 0 Å². The summed E-state index contributed by atoms with van der Waals surface area (Å²) in [5.74, 6) is -1.03. The van der Waals surface area contributed by atoms with Crippen molar-refractivity contribution in [1.82, 2.24) is 0 Å². The van der Waals surface area contributed by atoms with Gasteiger partial charge in [-0.15, -0.1) is 0 Å². The fraction of sp³-hybridized carbons (Fsp3) is 1.00. The van der Waals surface area contributed by atoms with Gasteiger partial charge in [-0.25, -0.2) is 0 Å². The van der Waals surface area contributed by atoms with Crippen LogP contribution in [0.1, 0.15) is 19.8 Å². The first-order valence-electron chi connectivity index (χ1n) is 3.12. The Morgan fingerprint density at radius 2 is 2.00 bits per heavy atom. The normalized spacial score (nSPS) is 34.7. The molecule has 2 atom stereocenters. The fourth-order valence-corrected chi connectivity index (χ4v) is 1.10. The zero-order chi connectivity index (χ0) is 7.07. The van der Waals surface area contributed by atoms with Crippen molar-refractivity contribution in [2.24, 2.45) is 11.8 Å². The second-order valence-electron chi connectivity index (χ2n) is 2.55. The van der Waals surface area contributed by atoms with Gasteiger partial charge in [-0.05, 0) is 12.3 Å². The van der Waals surface area contributed by atoms with Gasteiger partial charge in [0.05, 0.1) is 5.92 Å². The smallest absolute Gasteiger partial charge is 0.171 e. The summed E-state index contributed by atoms with van der Waals surface area (Å²) in [5.41, 5.74) is 0. The molecule has 0 aliphatic heterocycles. The third-order valence-electron chi connectivity index (χ3n) is 1.87. The summed E-state index contributed by atoms with van der Waals surface area (Å²) in [6.45, 7) is 1.80. The lowest BCUT2D eigenvalue weighted by Gasteiger charge is -2.02. The van der Waals surface area contributed by atoms with Crippen LogP contribution in [0.4, 0.5) is 13.2 Å². The Labute approximate surface area is 52.1 Å². The minimum absolute atomic E-state index is 0.0648.